The summed E-state index contributed by atoms with van der Waals surface area (Å²) in [5.74, 6) is 0. The summed E-state index contributed by atoms with van der Waals surface area (Å²) >= 11 is 0.805. The summed E-state index contributed by atoms with van der Waals surface area (Å²) in [6, 6.07) is 0. The molecule has 0 saturated carbocycles. The highest BCUT2D eigenvalue weighted by molar-refractivity contribution is 8.05. The van der Waals surface area contributed by atoms with Gasteiger partial charge in [-0.05, 0) is 5.21 Å². The van der Waals surface area contributed by atoms with Crippen LogP contribution in [0.15, 0.2) is 17.8 Å². The Balaban J connectivity index is 2.71. The van der Waals surface area contributed by atoms with E-state index in [1.54, 1.807) is 0 Å². The summed E-state index contributed by atoms with van der Waals surface area (Å²) in [7, 11) is -4.19. The smallest absolute Gasteiger partial charge is 0.323 e. The second-order valence-corrected chi connectivity index (χ2v) is 5.22. The number of aromatic nitrogens is 4. The van der Waals surface area contributed by atoms with Gasteiger partial charge in [-0.3, -0.25) is 4.57 Å². The van der Waals surface area contributed by atoms with Gasteiger partial charge in [0.05, 0.1) is 0 Å². The molecule has 0 bridgehead atoms. The van der Waals surface area contributed by atoms with E-state index < -0.39 is 12.6 Å². The van der Waals surface area contributed by atoms with E-state index in [1.807, 2.05) is 0 Å². The van der Waals surface area contributed by atoms with Crippen molar-refractivity contribution in [3.8, 4) is 0 Å². The molecule has 0 aliphatic rings. The summed E-state index contributed by atoms with van der Waals surface area (Å²) in [5.41, 5.74) is 0. The topological polar surface area (TPSA) is 112 Å². The van der Waals surface area contributed by atoms with Gasteiger partial charge in [-0.1, -0.05) is 17.8 Å². The molecule has 72 valence electrons. The fraction of sp³-hybridized carbons (Fsp3) is 0.250. The molecule has 1 heterocycles. The number of rotatable bonds is 4. The Bertz CT molecular complexity index is 322. The minimum atomic E-state index is -4.19. The lowest BCUT2D eigenvalue weighted by Gasteiger charge is -2.10. The molecule has 1 aromatic heterocycles. The molecule has 9 heteroatoms. The Morgan fingerprint density at radius 2 is 2.38 bits per heavy atom. The van der Waals surface area contributed by atoms with Crippen LogP contribution in [-0.4, -0.2) is 35.4 Å². The quantitative estimate of drug-likeness (QED) is 0.373. The van der Waals surface area contributed by atoms with Gasteiger partial charge in [0.25, 0.3) is 0 Å². The second kappa shape index (κ2) is 4.01. The van der Waals surface area contributed by atoms with Gasteiger partial charge in [0.15, 0.2) is 0 Å². The highest BCUT2D eigenvalue weighted by atomic mass is 32.2. The van der Waals surface area contributed by atoms with E-state index in [-0.39, 0.29) is 5.16 Å². The predicted octanol–water partition coefficient (Wildman–Crippen LogP) is -0.0184. The Kier molecular flexibility index (Phi) is 3.21. The molecule has 1 aromatic rings. The average Bonchev–Trinajstić information content (AvgIpc) is 2.49. The maximum Gasteiger partial charge on any atom is 0.342 e. The van der Waals surface area contributed by atoms with Crippen molar-refractivity contribution in [3.05, 3.63) is 12.7 Å². The zero-order valence-corrected chi connectivity index (χ0v) is 8.07. The van der Waals surface area contributed by atoms with Gasteiger partial charge in [0.1, 0.15) is 4.99 Å². The Morgan fingerprint density at radius 1 is 1.69 bits per heavy atom. The SMILES string of the molecule is C=CC(Sc1nn[nH]n1)P(=O)(O)O. The summed E-state index contributed by atoms with van der Waals surface area (Å²) in [5, 5.41) is 12.7. The van der Waals surface area contributed by atoms with Crippen molar-refractivity contribution < 1.29 is 14.4 Å². The molecule has 1 rings (SSSR count). The fourth-order valence-electron chi connectivity index (χ4n) is 0.565. The van der Waals surface area contributed by atoms with Crippen molar-refractivity contribution >= 4 is 19.4 Å². The van der Waals surface area contributed by atoms with Crippen molar-refractivity contribution in [2.24, 2.45) is 0 Å². The van der Waals surface area contributed by atoms with Gasteiger partial charge in [0.2, 0.25) is 5.16 Å². The number of H-pyrrole nitrogens is 1. The first-order valence-corrected chi connectivity index (χ1v) is 5.68. The molecule has 0 spiro atoms. The van der Waals surface area contributed by atoms with E-state index in [0.29, 0.717) is 0 Å². The van der Waals surface area contributed by atoms with Gasteiger partial charge in [-0.15, -0.1) is 16.8 Å². The molecule has 7 nitrogen and oxygen atoms in total. The van der Waals surface area contributed by atoms with Crippen LogP contribution in [0.4, 0.5) is 0 Å². The van der Waals surface area contributed by atoms with Crippen molar-refractivity contribution in [1.82, 2.24) is 20.6 Å². The van der Waals surface area contributed by atoms with Gasteiger partial charge in [0, 0.05) is 0 Å². The molecule has 1 atom stereocenters. The Hall–Kier alpha value is -0.690. The standard InChI is InChI=1S/C4H7N4O3PS/c1-2-3(12(9,10)11)13-4-5-7-8-6-4/h2-3H,1H2,(H2,9,10,11)(H,5,6,7,8). The normalized spacial score (nSPS) is 14.0. The Morgan fingerprint density at radius 3 is 2.77 bits per heavy atom. The van der Waals surface area contributed by atoms with Crippen molar-refractivity contribution in [3.63, 3.8) is 0 Å². The number of nitrogens with one attached hydrogen (secondary N) is 1. The van der Waals surface area contributed by atoms with Crippen LogP contribution in [0.1, 0.15) is 0 Å². The van der Waals surface area contributed by atoms with E-state index in [9.17, 15) is 4.57 Å². The highest BCUT2D eigenvalue weighted by Gasteiger charge is 2.28. The van der Waals surface area contributed by atoms with E-state index >= 15 is 0 Å². The molecule has 0 amide bonds. The molecule has 0 fully saturated rings. The van der Waals surface area contributed by atoms with Gasteiger partial charge >= 0.3 is 7.60 Å². The van der Waals surface area contributed by atoms with Crippen LogP contribution in [0.25, 0.3) is 0 Å². The van der Waals surface area contributed by atoms with Crippen molar-refractivity contribution in [2.75, 3.05) is 0 Å². The van der Waals surface area contributed by atoms with Crippen LogP contribution in [0.5, 0.6) is 0 Å². The number of thioether (sulfide) groups is 1. The van der Waals surface area contributed by atoms with Crippen molar-refractivity contribution in [2.45, 2.75) is 10.1 Å². The number of tetrazole rings is 1. The van der Waals surface area contributed by atoms with Gasteiger partial charge in [-0.25, -0.2) is 0 Å². The molecule has 0 aromatic carbocycles. The summed E-state index contributed by atoms with van der Waals surface area (Å²) < 4.78 is 10.8. The molecule has 0 aliphatic heterocycles. The Labute approximate surface area is 77.8 Å². The average molecular weight is 222 g/mol. The van der Waals surface area contributed by atoms with E-state index in [1.165, 1.54) is 0 Å². The van der Waals surface area contributed by atoms with Gasteiger partial charge in [-0.2, -0.15) is 5.21 Å². The van der Waals surface area contributed by atoms with Crippen LogP contribution < -0.4 is 0 Å². The largest absolute Gasteiger partial charge is 0.342 e. The third-order valence-corrected chi connectivity index (χ3v) is 3.92. The van der Waals surface area contributed by atoms with Gasteiger partial charge < -0.3 is 9.79 Å². The third kappa shape index (κ3) is 2.92. The minimum absolute atomic E-state index is 0.174. The van der Waals surface area contributed by atoms with E-state index in [2.05, 4.69) is 27.2 Å². The number of hydrogen-bond acceptors (Lipinski definition) is 5. The maximum atomic E-state index is 10.8. The summed E-state index contributed by atoms with van der Waals surface area (Å²) in [6.07, 6.45) is 1.15. The molecule has 0 radical (unpaired) electrons. The van der Waals surface area contributed by atoms with Crippen LogP contribution in [0.2, 0.25) is 0 Å². The summed E-state index contributed by atoms with van der Waals surface area (Å²) in [6.45, 7) is 3.31. The molecule has 3 N–H and O–H groups in total. The first-order chi connectivity index (χ1) is 6.04. The lowest BCUT2D eigenvalue weighted by Crippen LogP contribution is -1.99. The molecule has 13 heavy (non-hydrogen) atoms. The molecular weight excluding hydrogens is 215 g/mol. The van der Waals surface area contributed by atoms with Crippen LogP contribution in [0.3, 0.4) is 0 Å². The monoisotopic (exact) mass is 222 g/mol. The zero-order chi connectivity index (χ0) is 9.90. The molecular formula is C4H7N4O3PS. The minimum Gasteiger partial charge on any atom is -0.323 e. The predicted molar refractivity (Wildman–Crippen MR) is 46.1 cm³/mol. The second-order valence-electron chi connectivity index (χ2n) is 2.03. The zero-order valence-electron chi connectivity index (χ0n) is 6.36. The molecule has 0 saturated heterocycles. The lowest BCUT2D eigenvalue weighted by atomic mass is 10.8. The molecule has 0 aliphatic carbocycles. The summed E-state index contributed by atoms with van der Waals surface area (Å²) in [4.78, 5) is 16.6. The van der Waals surface area contributed by atoms with Crippen LogP contribution in [0, 0.1) is 0 Å². The fourth-order valence-corrected chi connectivity index (χ4v) is 2.17. The first kappa shape index (κ1) is 10.4. The maximum absolute atomic E-state index is 10.8. The third-order valence-electron chi connectivity index (χ3n) is 1.09. The number of hydrogen-bond donors (Lipinski definition) is 3. The molecule has 1 unspecified atom stereocenters. The number of nitrogens with zero attached hydrogens (tertiary/aromatic N) is 3. The van der Waals surface area contributed by atoms with Crippen LogP contribution in [-0.2, 0) is 4.57 Å². The number of aromatic amines is 1. The lowest BCUT2D eigenvalue weighted by molar-refractivity contribution is 0.374. The van der Waals surface area contributed by atoms with E-state index in [0.717, 1.165) is 17.8 Å². The van der Waals surface area contributed by atoms with Crippen molar-refractivity contribution in [1.29, 1.82) is 0 Å². The van der Waals surface area contributed by atoms with Crippen LogP contribution >= 0.6 is 19.4 Å². The highest BCUT2D eigenvalue weighted by Crippen LogP contribution is 2.49. The first-order valence-electron chi connectivity index (χ1n) is 3.12. The van der Waals surface area contributed by atoms with E-state index in [4.69, 9.17) is 9.79 Å².